The zero-order valence-electron chi connectivity index (χ0n) is 21.5. The first kappa shape index (κ1) is 39.9. The van der Waals surface area contributed by atoms with Crippen LogP contribution in [0.4, 0.5) is 0 Å². The predicted octanol–water partition coefficient (Wildman–Crippen LogP) is 5.94. The molecule has 4 rings (SSSR count). The van der Waals surface area contributed by atoms with Gasteiger partial charge in [-0.15, -0.1) is 0 Å². The van der Waals surface area contributed by atoms with E-state index in [0.717, 1.165) is 49.5 Å². The summed E-state index contributed by atoms with van der Waals surface area (Å²) in [7, 11) is -1.55. The van der Waals surface area contributed by atoms with Crippen LogP contribution in [0.25, 0.3) is 21.9 Å². The van der Waals surface area contributed by atoms with Gasteiger partial charge in [-0.2, -0.15) is 0 Å². The van der Waals surface area contributed by atoms with E-state index in [1.54, 1.807) is 18.4 Å². The molecule has 0 aliphatic heterocycles. The lowest BCUT2D eigenvalue weighted by molar-refractivity contribution is 0.412. The van der Waals surface area contributed by atoms with Crippen molar-refractivity contribution < 1.29 is 35.3 Å². The van der Waals surface area contributed by atoms with Crippen LogP contribution >= 0.6 is 31.9 Å². The molecule has 2 aromatic carbocycles. The largest absolute Gasteiger partial charge is 0.526 e. The van der Waals surface area contributed by atoms with E-state index in [-0.39, 0.29) is 29.5 Å². The lowest BCUT2D eigenvalue weighted by atomic mass is 9.30. The second-order valence-corrected chi connectivity index (χ2v) is 10.9. The third kappa shape index (κ3) is 12.2. The summed E-state index contributed by atoms with van der Waals surface area (Å²) < 4.78 is 12.3. The summed E-state index contributed by atoms with van der Waals surface area (Å²) in [4.78, 5) is 0. The average molecular weight is 648 g/mol. The smallest absolute Gasteiger partial charge is 0.465 e. The number of halogens is 2. The quantitative estimate of drug-likeness (QED) is 0.262. The Labute approximate surface area is 238 Å². The van der Waals surface area contributed by atoms with Gasteiger partial charge in [-0.05, 0) is 48.5 Å². The molecular formula is C26H42B2Br2O7. The molecule has 0 radical (unpaired) electrons. The van der Waals surface area contributed by atoms with E-state index in [9.17, 15) is 0 Å². The van der Waals surface area contributed by atoms with Crippen LogP contribution in [0, 0.1) is 0 Å². The Bertz CT molecular complexity index is 1130. The van der Waals surface area contributed by atoms with Crippen molar-refractivity contribution in [2.45, 2.75) is 66.4 Å². The van der Waals surface area contributed by atoms with E-state index in [1.807, 2.05) is 36.4 Å². The minimum atomic E-state index is -1.55. The van der Waals surface area contributed by atoms with E-state index in [2.05, 4.69) is 73.4 Å². The first-order valence-corrected chi connectivity index (χ1v) is 12.8. The first-order chi connectivity index (χ1) is 15.5. The van der Waals surface area contributed by atoms with Gasteiger partial charge in [0.15, 0.2) is 0 Å². The lowest BCUT2D eigenvalue weighted by Crippen LogP contribution is -2.27. The van der Waals surface area contributed by atoms with Crippen LogP contribution in [0.5, 0.6) is 0 Å². The van der Waals surface area contributed by atoms with Gasteiger partial charge in [0, 0.05) is 19.7 Å². The zero-order valence-corrected chi connectivity index (χ0v) is 24.7. The fourth-order valence-electron chi connectivity index (χ4n) is 4.41. The van der Waals surface area contributed by atoms with Crippen LogP contribution in [0.15, 0.2) is 72.6 Å². The molecule has 0 fully saturated rings. The third-order valence-corrected chi connectivity index (χ3v) is 6.46. The minimum absolute atomic E-state index is 0. The summed E-state index contributed by atoms with van der Waals surface area (Å²) in [5.74, 6) is 2.50. The molecule has 0 saturated heterocycles. The monoisotopic (exact) mass is 646 g/mol. The number of hydrogen-bond donors (Lipinski definition) is 2. The van der Waals surface area contributed by atoms with Crippen LogP contribution in [0.2, 0.25) is 17.5 Å². The van der Waals surface area contributed by atoms with Crippen LogP contribution in [0.3, 0.4) is 0 Å². The molecule has 0 atom stereocenters. The molecule has 2 aromatic heterocycles. The summed E-state index contributed by atoms with van der Waals surface area (Å²) >= 11 is 6.69. The van der Waals surface area contributed by atoms with Crippen molar-refractivity contribution in [3.8, 4) is 0 Å². The fraction of sp³-hybridized carbons (Fsp3) is 0.385. The zero-order chi connectivity index (χ0) is 24.7. The van der Waals surface area contributed by atoms with E-state index in [1.165, 1.54) is 0 Å². The van der Waals surface area contributed by atoms with Gasteiger partial charge in [0.05, 0.1) is 6.26 Å². The molecule has 7 nitrogen and oxygen atoms in total. The van der Waals surface area contributed by atoms with Crippen LogP contribution in [-0.4, -0.2) is 40.3 Å². The van der Waals surface area contributed by atoms with Crippen molar-refractivity contribution in [1.29, 1.82) is 0 Å². The fourth-order valence-corrected chi connectivity index (χ4v) is 5.17. The van der Waals surface area contributed by atoms with Crippen molar-refractivity contribution in [3.63, 3.8) is 0 Å². The number of benzene rings is 2. The molecule has 0 aliphatic carbocycles. The predicted molar refractivity (Wildman–Crippen MR) is 166 cm³/mol. The number of furan rings is 2. The van der Waals surface area contributed by atoms with E-state index < -0.39 is 7.12 Å². The SMILES string of the molecule is Brc1ccc2occc2c1.C.CC(C)B(C(C)C)C(C)C.O.O.O.OB(O)c1cc2cc(Br)ccc2o1. The van der Waals surface area contributed by atoms with Crippen molar-refractivity contribution in [3.05, 3.63) is 63.7 Å². The maximum atomic E-state index is 8.84. The third-order valence-electron chi connectivity index (χ3n) is 5.48. The summed E-state index contributed by atoms with van der Waals surface area (Å²) in [6.07, 6.45) is 1.69. The topological polar surface area (TPSA) is 161 Å². The van der Waals surface area contributed by atoms with Gasteiger partial charge in [0.25, 0.3) is 0 Å². The van der Waals surface area contributed by atoms with Crippen LogP contribution in [0.1, 0.15) is 49.0 Å². The van der Waals surface area contributed by atoms with Crippen molar-refractivity contribution in [1.82, 2.24) is 0 Å². The Kier molecular flexibility index (Phi) is 20.1. The van der Waals surface area contributed by atoms with E-state index in [0.29, 0.717) is 5.58 Å². The highest BCUT2D eigenvalue weighted by molar-refractivity contribution is 9.10. The molecule has 0 saturated carbocycles. The van der Waals surface area contributed by atoms with Gasteiger partial charge in [-0.25, -0.2) is 0 Å². The van der Waals surface area contributed by atoms with Gasteiger partial charge in [-0.3, -0.25) is 0 Å². The highest BCUT2D eigenvalue weighted by Crippen LogP contribution is 2.29. The Morgan fingerprint density at radius 3 is 1.57 bits per heavy atom. The molecule has 0 unspecified atom stereocenters. The molecule has 11 heteroatoms. The van der Waals surface area contributed by atoms with Crippen LogP contribution in [-0.2, 0) is 0 Å². The highest BCUT2D eigenvalue weighted by Gasteiger charge is 2.24. The number of rotatable bonds is 4. The van der Waals surface area contributed by atoms with Gasteiger partial charge >= 0.3 is 7.12 Å². The Morgan fingerprint density at radius 1 is 0.676 bits per heavy atom. The normalized spacial score (nSPS) is 9.76. The molecule has 37 heavy (non-hydrogen) atoms. The van der Waals surface area contributed by atoms with E-state index >= 15 is 0 Å². The van der Waals surface area contributed by atoms with Gasteiger partial charge in [-0.1, -0.05) is 98.3 Å². The Balaban J connectivity index is -0.000000450. The maximum absolute atomic E-state index is 8.84. The maximum Gasteiger partial charge on any atom is 0.526 e. The van der Waals surface area contributed by atoms with Crippen molar-refractivity contribution in [2.75, 3.05) is 0 Å². The Hall–Kier alpha value is -1.59. The van der Waals surface area contributed by atoms with Gasteiger partial charge in [0.2, 0.25) is 0 Å². The standard InChI is InChI=1S/C9H21B.C8H6BBrO3.C8H5BrO.CH4.3H2O/c1-7(2)10(8(3)4)9(5)6;10-6-1-2-7-5(3-6)4-8(13-7)9(11)12;9-7-1-2-8-6(5-7)3-4-10-8;;;;/h7-9H,1-6H3;1-4,11-12H;1-5H;1H4;3*1H2. The van der Waals surface area contributed by atoms with Crippen LogP contribution < -0.4 is 5.66 Å². The molecule has 208 valence electrons. The lowest BCUT2D eigenvalue weighted by Gasteiger charge is -2.24. The van der Waals surface area contributed by atoms with Gasteiger partial charge < -0.3 is 35.3 Å². The van der Waals surface area contributed by atoms with Gasteiger partial charge in [0.1, 0.15) is 23.5 Å². The second kappa shape index (κ2) is 18.6. The molecule has 2 heterocycles. The summed E-state index contributed by atoms with van der Waals surface area (Å²) in [5.41, 5.74) is 1.74. The molecule has 0 bridgehead atoms. The molecule has 0 spiro atoms. The van der Waals surface area contributed by atoms with Crippen molar-refractivity contribution in [2.24, 2.45) is 0 Å². The summed E-state index contributed by atoms with van der Waals surface area (Å²) in [5, 5.41) is 19.7. The number of fused-ring (bicyclic) bond motifs is 2. The summed E-state index contributed by atoms with van der Waals surface area (Å²) in [6, 6.07) is 14.9. The minimum Gasteiger partial charge on any atom is -0.465 e. The second-order valence-electron chi connectivity index (χ2n) is 9.12. The Morgan fingerprint density at radius 2 is 1.14 bits per heavy atom. The first-order valence-electron chi connectivity index (χ1n) is 11.2. The molecule has 0 amide bonds. The molecule has 0 aliphatic rings. The molecular weight excluding hydrogens is 606 g/mol. The summed E-state index contributed by atoms with van der Waals surface area (Å²) in [6.45, 7) is 14.8. The van der Waals surface area contributed by atoms with Crippen molar-refractivity contribution >= 4 is 73.3 Å². The number of hydrogen-bond acceptors (Lipinski definition) is 4. The average Bonchev–Trinajstić information content (AvgIpc) is 3.33. The molecule has 4 aromatic rings. The highest BCUT2D eigenvalue weighted by atomic mass is 79.9. The molecule has 8 N–H and O–H groups in total. The van der Waals surface area contributed by atoms with E-state index in [4.69, 9.17) is 18.9 Å².